The fraction of sp³-hybridized carbons (Fsp3) is 0.500. The third kappa shape index (κ3) is 2.90. The lowest BCUT2D eigenvalue weighted by molar-refractivity contribution is 0.0659. The first-order valence-electron chi connectivity index (χ1n) is 5.03. The summed E-state index contributed by atoms with van der Waals surface area (Å²) in [5.74, 6) is -0.305. The van der Waals surface area contributed by atoms with Gasteiger partial charge >= 0.3 is 0 Å². The third-order valence-electron chi connectivity index (χ3n) is 2.12. The number of rotatable bonds is 4. The fourth-order valence-electron chi connectivity index (χ4n) is 1.31. The summed E-state index contributed by atoms with van der Waals surface area (Å²) in [4.78, 5) is 30.3. The van der Waals surface area contributed by atoms with Crippen molar-refractivity contribution in [1.29, 1.82) is 0 Å². The molecule has 0 aliphatic rings. The van der Waals surface area contributed by atoms with Gasteiger partial charge in [0.2, 0.25) is 0 Å². The van der Waals surface area contributed by atoms with E-state index < -0.39 is 0 Å². The van der Waals surface area contributed by atoms with Crippen LogP contribution in [-0.4, -0.2) is 45.1 Å². The minimum absolute atomic E-state index is 0.0339. The Morgan fingerprint density at radius 3 is 2.75 bits per heavy atom. The van der Waals surface area contributed by atoms with E-state index >= 15 is 0 Å². The molecule has 16 heavy (non-hydrogen) atoms. The van der Waals surface area contributed by atoms with Gasteiger partial charge in [-0.3, -0.25) is 9.59 Å². The van der Waals surface area contributed by atoms with Gasteiger partial charge in [0, 0.05) is 18.8 Å². The van der Waals surface area contributed by atoms with Gasteiger partial charge in [-0.1, -0.05) is 0 Å². The van der Waals surface area contributed by atoms with Crippen LogP contribution in [0.1, 0.15) is 24.3 Å². The van der Waals surface area contributed by atoms with Crippen molar-refractivity contribution in [1.82, 2.24) is 14.9 Å². The van der Waals surface area contributed by atoms with E-state index in [-0.39, 0.29) is 36.4 Å². The predicted octanol–water partition coefficient (Wildman–Crippen LogP) is -0.387. The number of hydrogen-bond acceptors (Lipinski definition) is 4. The Bertz CT molecular complexity index is 394. The van der Waals surface area contributed by atoms with Gasteiger partial charge in [-0.05, 0) is 13.8 Å². The Kier molecular flexibility index (Phi) is 4.19. The lowest BCUT2D eigenvalue weighted by Crippen LogP contribution is -2.39. The quantitative estimate of drug-likeness (QED) is 0.731. The fourth-order valence-corrected chi connectivity index (χ4v) is 1.31. The van der Waals surface area contributed by atoms with Gasteiger partial charge in [0.05, 0.1) is 12.8 Å². The maximum Gasteiger partial charge on any atom is 0.274 e. The first-order chi connectivity index (χ1) is 7.56. The molecule has 0 bridgehead atoms. The zero-order valence-corrected chi connectivity index (χ0v) is 9.30. The van der Waals surface area contributed by atoms with E-state index in [9.17, 15) is 9.59 Å². The summed E-state index contributed by atoms with van der Waals surface area (Å²) in [6.45, 7) is 3.84. The van der Waals surface area contributed by atoms with Crippen LogP contribution in [0.15, 0.2) is 17.2 Å². The standard InChI is InChI=1S/C10H15N3O3/c1-7(2)13(3-4-14)10(16)8-5-12-9(15)6-11-8/h5-7,14H,3-4H2,1-2H3,(H,12,15). The minimum atomic E-state index is -0.352. The van der Waals surface area contributed by atoms with Gasteiger partial charge in [-0.25, -0.2) is 4.98 Å². The Morgan fingerprint density at radius 1 is 1.62 bits per heavy atom. The molecule has 1 aromatic heterocycles. The van der Waals surface area contributed by atoms with E-state index in [0.717, 1.165) is 6.20 Å². The average Bonchev–Trinajstić information content (AvgIpc) is 2.25. The molecular weight excluding hydrogens is 210 g/mol. The maximum absolute atomic E-state index is 11.9. The molecule has 1 aromatic rings. The van der Waals surface area contributed by atoms with Crippen LogP contribution in [0, 0.1) is 0 Å². The summed E-state index contributed by atoms with van der Waals surface area (Å²) in [6, 6.07) is -0.0339. The van der Waals surface area contributed by atoms with Crippen molar-refractivity contribution in [3.05, 3.63) is 28.4 Å². The van der Waals surface area contributed by atoms with Crippen LogP contribution in [0.2, 0.25) is 0 Å². The summed E-state index contributed by atoms with van der Waals surface area (Å²) in [5, 5.41) is 8.85. The second-order valence-corrected chi connectivity index (χ2v) is 3.61. The second-order valence-electron chi connectivity index (χ2n) is 3.61. The van der Waals surface area contributed by atoms with Crippen LogP contribution in [0.25, 0.3) is 0 Å². The molecule has 0 saturated heterocycles. The van der Waals surface area contributed by atoms with E-state index in [1.54, 1.807) is 0 Å². The van der Waals surface area contributed by atoms with Gasteiger partial charge < -0.3 is 15.0 Å². The summed E-state index contributed by atoms with van der Waals surface area (Å²) in [6.07, 6.45) is 2.34. The Balaban J connectivity index is 2.90. The minimum Gasteiger partial charge on any atom is -0.395 e. The smallest absolute Gasteiger partial charge is 0.274 e. The van der Waals surface area contributed by atoms with Crippen molar-refractivity contribution in [2.75, 3.05) is 13.2 Å². The molecule has 0 radical (unpaired) electrons. The molecule has 0 saturated carbocycles. The monoisotopic (exact) mass is 225 g/mol. The van der Waals surface area contributed by atoms with Crippen molar-refractivity contribution in [3.8, 4) is 0 Å². The highest BCUT2D eigenvalue weighted by Crippen LogP contribution is 2.03. The summed E-state index contributed by atoms with van der Waals surface area (Å²) < 4.78 is 0. The number of carbonyl (C=O) groups excluding carboxylic acids is 1. The van der Waals surface area contributed by atoms with Gasteiger partial charge in [-0.15, -0.1) is 0 Å². The molecule has 1 amide bonds. The number of amides is 1. The number of H-pyrrole nitrogens is 1. The second kappa shape index (κ2) is 5.41. The van der Waals surface area contributed by atoms with Crippen LogP contribution in [0.5, 0.6) is 0 Å². The normalized spacial score (nSPS) is 10.5. The first-order valence-corrected chi connectivity index (χ1v) is 5.03. The molecular formula is C10H15N3O3. The molecule has 0 aliphatic heterocycles. The molecule has 6 heteroatoms. The predicted molar refractivity (Wildman–Crippen MR) is 58.1 cm³/mol. The van der Waals surface area contributed by atoms with Crippen molar-refractivity contribution in [2.45, 2.75) is 19.9 Å². The molecule has 0 aliphatic carbocycles. The Morgan fingerprint density at radius 2 is 2.31 bits per heavy atom. The molecule has 0 spiro atoms. The van der Waals surface area contributed by atoms with E-state index in [0.29, 0.717) is 0 Å². The third-order valence-corrected chi connectivity index (χ3v) is 2.12. The number of aliphatic hydroxyl groups excluding tert-OH is 1. The number of carbonyl (C=O) groups is 1. The van der Waals surface area contributed by atoms with Crippen LogP contribution < -0.4 is 5.56 Å². The number of aromatic amines is 1. The van der Waals surface area contributed by atoms with E-state index in [1.807, 2.05) is 13.8 Å². The Labute approximate surface area is 92.9 Å². The van der Waals surface area contributed by atoms with Crippen molar-refractivity contribution in [3.63, 3.8) is 0 Å². The number of hydrogen-bond donors (Lipinski definition) is 2. The highest BCUT2D eigenvalue weighted by molar-refractivity contribution is 5.92. The molecule has 0 fully saturated rings. The molecule has 88 valence electrons. The van der Waals surface area contributed by atoms with Crippen LogP contribution >= 0.6 is 0 Å². The first kappa shape index (κ1) is 12.4. The summed E-state index contributed by atoms with van der Waals surface area (Å²) in [5.41, 5.74) is -0.184. The van der Waals surface area contributed by atoms with E-state index in [2.05, 4.69) is 9.97 Å². The molecule has 0 atom stereocenters. The van der Waals surface area contributed by atoms with Gasteiger partial charge in [0.1, 0.15) is 5.69 Å². The van der Waals surface area contributed by atoms with Crippen LogP contribution in [0.4, 0.5) is 0 Å². The lowest BCUT2D eigenvalue weighted by atomic mass is 10.2. The van der Waals surface area contributed by atoms with Crippen molar-refractivity contribution >= 4 is 5.91 Å². The van der Waals surface area contributed by atoms with Crippen LogP contribution in [-0.2, 0) is 0 Å². The largest absolute Gasteiger partial charge is 0.395 e. The van der Waals surface area contributed by atoms with Gasteiger partial charge in [0.15, 0.2) is 0 Å². The highest BCUT2D eigenvalue weighted by Gasteiger charge is 2.19. The maximum atomic E-state index is 11.9. The zero-order chi connectivity index (χ0) is 12.1. The molecule has 0 unspecified atom stereocenters. The molecule has 6 nitrogen and oxygen atoms in total. The molecule has 1 rings (SSSR count). The molecule has 1 heterocycles. The number of nitrogens with zero attached hydrogens (tertiary/aromatic N) is 2. The summed E-state index contributed by atoms with van der Waals surface area (Å²) in [7, 11) is 0. The molecule has 2 N–H and O–H groups in total. The highest BCUT2D eigenvalue weighted by atomic mass is 16.3. The van der Waals surface area contributed by atoms with Crippen LogP contribution in [0.3, 0.4) is 0 Å². The van der Waals surface area contributed by atoms with E-state index in [1.165, 1.54) is 11.1 Å². The number of aromatic nitrogens is 2. The van der Waals surface area contributed by atoms with Crippen molar-refractivity contribution < 1.29 is 9.90 Å². The Hall–Kier alpha value is -1.69. The van der Waals surface area contributed by atoms with Crippen molar-refractivity contribution in [2.24, 2.45) is 0 Å². The average molecular weight is 225 g/mol. The SMILES string of the molecule is CC(C)N(CCO)C(=O)c1c[nH]c(=O)cn1. The van der Waals surface area contributed by atoms with Gasteiger partial charge in [0.25, 0.3) is 11.5 Å². The summed E-state index contributed by atoms with van der Waals surface area (Å²) >= 11 is 0. The van der Waals surface area contributed by atoms with Gasteiger partial charge in [-0.2, -0.15) is 0 Å². The van der Waals surface area contributed by atoms with E-state index in [4.69, 9.17) is 5.11 Å². The topological polar surface area (TPSA) is 86.3 Å². The molecule has 0 aromatic carbocycles. The lowest BCUT2D eigenvalue weighted by Gasteiger charge is -2.25. The number of aliphatic hydroxyl groups is 1. The number of nitrogens with one attached hydrogen (secondary N) is 1. The zero-order valence-electron chi connectivity index (χ0n) is 9.30.